The molecule has 2 unspecified atom stereocenters. The first-order valence-corrected chi connectivity index (χ1v) is 6.88. The second-order valence-electron chi connectivity index (χ2n) is 5.08. The topological polar surface area (TPSA) is 78.9 Å². The molecule has 114 valence electrons. The lowest BCUT2D eigenvalue weighted by atomic mass is 10.0. The van der Waals surface area contributed by atoms with E-state index in [4.69, 9.17) is 4.74 Å². The van der Waals surface area contributed by atoms with Gasteiger partial charge in [0.05, 0.1) is 19.3 Å². The molecule has 2 rings (SSSR count). The van der Waals surface area contributed by atoms with Crippen LogP contribution in [-0.4, -0.2) is 48.6 Å². The normalized spacial score (nSPS) is 20.5. The maximum Gasteiger partial charge on any atom is 0.246 e. The minimum Gasteiger partial charge on any atom is -0.497 e. The van der Waals surface area contributed by atoms with E-state index in [9.17, 15) is 14.7 Å². The number of carbonyl (C=O) groups excluding carboxylic acids is 2. The molecule has 6 heteroatoms. The summed E-state index contributed by atoms with van der Waals surface area (Å²) >= 11 is 0. The van der Waals surface area contributed by atoms with Gasteiger partial charge in [0.2, 0.25) is 11.8 Å². The summed E-state index contributed by atoms with van der Waals surface area (Å²) in [5, 5.41) is 13.2. The van der Waals surface area contributed by atoms with E-state index in [-0.39, 0.29) is 18.4 Å². The van der Waals surface area contributed by atoms with Crippen molar-refractivity contribution in [2.45, 2.75) is 25.0 Å². The molecule has 6 nitrogen and oxygen atoms in total. The molecule has 0 saturated carbocycles. The maximum atomic E-state index is 11.9. The fraction of sp³-hybridized carbons (Fsp3) is 0.467. The fourth-order valence-corrected chi connectivity index (χ4v) is 2.33. The number of aliphatic hydroxyl groups excluding tert-OH is 1. The van der Waals surface area contributed by atoms with Crippen LogP contribution in [0, 0.1) is 0 Å². The van der Waals surface area contributed by atoms with Crippen molar-refractivity contribution < 1.29 is 19.4 Å². The van der Waals surface area contributed by atoms with Gasteiger partial charge in [-0.05, 0) is 24.1 Å². The van der Waals surface area contributed by atoms with Gasteiger partial charge < -0.3 is 15.2 Å². The van der Waals surface area contributed by atoms with E-state index in [1.54, 1.807) is 31.4 Å². The highest BCUT2D eigenvalue weighted by Gasteiger charge is 2.31. The van der Waals surface area contributed by atoms with Crippen molar-refractivity contribution in [1.82, 2.24) is 10.2 Å². The van der Waals surface area contributed by atoms with Crippen molar-refractivity contribution in [3.05, 3.63) is 29.8 Å². The Hall–Kier alpha value is -1.92. The smallest absolute Gasteiger partial charge is 0.246 e. The van der Waals surface area contributed by atoms with Crippen molar-refractivity contribution in [2.24, 2.45) is 0 Å². The van der Waals surface area contributed by atoms with E-state index < -0.39 is 12.1 Å². The Kier molecular flexibility index (Phi) is 4.93. The first-order valence-electron chi connectivity index (χ1n) is 6.88. The number of nitrogens with one attached hydrogen (secondary N) is 1. The molecule has 1 aromatic rings. The number of carbonyl (C=O) groups is 2. The molecular formula is C15H20N2O4. The van der Waals surface area contributed by atoms with E-state index in [0.717, 1.165) is 10.5 Å². The molecule has 1 aliphatic rings. The van der Waals surface area contributed by atoms with Crippen LogP contribution in [0.4, 0.5) is 0 Å². The molecule has 1 heterocycles. The number of benzene rings is 1. The van der Waals surface area contributed by atoms with E-state index in [1.165, 1.54) is 7.05 Å². The van der Waals surface area contributed by atoms with Crippen LogP contribution in [0.1, 0.15) is 24.5 Å². The molecule has 1 fully saturated rings. The SMILES string of the molecule is COc1cccc(C(O)CNC2CCC(=O)N(C)C2=O)c1. The van der Waals surface area contributed by atoms with Gasteiger partial charge in [-0.1, -0.05) is 12.1 Å². The number of hydrogen-bond donors (Lipinski definition) is 2. The minimum absolute atomic E-state index is 0.161. The summed E-state index contributed by atoms with van der Waals surface area (Å²) in [6.07, 6.45) is 0.0676. The predicted molar refractivity (Wildman–Crippen MR) is 76.8 cm³/mol. The summed E-state index contributed by atoms with van der Waals surface area (Å²) in [5.41, 5.74) is 0.717. The van der Waals surface area contributed by atoms with Crippen LogP contribution >= 0.6 is 0 Å². The average molecular weight is 292 g/mol. The molecule has 1 aromatic carbocycles. The Balaban J connectivity index is 1.93. The van der Waals surface area contributed by atoms with Crippen LogP contribution in [0.2, 0.25) is 0 Å². The molecule has 0 aliphatic carbocycles. The molecule has 0 radical (unpaired) electrons. The Morgan fingerprint density at radius 1 is 1.48 bits per heavy atom. The number of hydrogen-bond acceptors (Lipinski definition) is 5. The summed E-state index contributed by atoms with van der Waals surface area (Å²) in [5.74, 6) is 0.265. The van der Waals surface area contributed by atoms with E-state index in [1.807, 2.05) is 0 Å². The lowest BCUT2D eigenvalue weighted by molar-refractivity contribution is -0.148. The molecule has 1 aliphatic heterocycles. The van der Waals surface area contributed by atoms with Crippen LogP contribution in [-0.2, 0) is 9.59 Å². The summed E-state index contributed by atoms with van der Waals surface area (Å²) < 4.78 is 5.11. The molecular weight excluding hydrogens is 272 g/mol. The number of imide groups is 1. The highest BCUT2D eigenvalue weighted by atomic mass is 16.5. The van der Waals surface area contributed by atoms with Crippen molar-refractivity contribution in [3.8, 4) is 5.75 Å². The van der Waals surface area contributed by atoms with Gasteiger partial charge in [0.1, 0.15) is 5.75 Å². The summed E-state index contributed by atoms with van der Waals surface area (Å²) in [6, 6.07) is 6.73. The quantitative estimate of drug-likeness (QED) is 0.771. The number of ether oxygens (including phenoxy) is 1. The lowest BCUT2D eigenvalue weighted by Gasteiger charge is -2.29. The summed E-state index contributed by atoms with van der Waals surface area (Å²) in [6.45, 7) is 0.242. The van der Waals surface area contributed by atoms with Crippen molar-refractivity contribution in [1.29, 1.82) is 0 Å². The standard InChI is InChI=1S/C15H20N2O4/c1-17-14(19)7-6-12(15(17)20)16-9-13(18)10-4-3-5-11(8-10)21-2/h3-5,8,12-13,16,18H,6-7,9H2,1-2H3. The largest absolute Gasteiger partial charge is 0.497 e. The molecule has 2 N–H and O–H groups in total. The predicted octanol–water partition coefficient (Wildman–Crippen LogP) is 0.466. The second-order valence-corrected chi connectivity index (χ2v) is 5.08. The number of likely N-dealkylation sites (tertiary alicyclic amines) is 1. The molecule has 0 aromatic heterocycles. The first kappa shape index (κ1) is 15.5. The maximum absolute atomic E-state index is 11.9. The van der Waals surface area contributed by atoms with E-state index >= 15 is 0 Å². The molecule has 2 amide bonds. The third kappa shape index (κ3) is 3.59. The third-order valence-corrected chi connectivity index (χ3v) is 3.69. The number of rotatable bonds is 5. The van der Waals surface area contributed by atoms with Gasteiger partial charge in [-0.25, -0.2) is 0 Å². The van der Waals surface area contributed by atoms with Crippen molar-refractivity contribution >= 4 is 11.8 Å². The first-order chi connectivity index (χ1) is 10.0. The van der Waals surface area contributed by atoms with Gasteiger partial charge in [-0.15, -0.1) is 0 Å². The number of piperidine rings is 1. The lowest BCUT2D eigenvalue weighted by Crippen LogP contribution is -2.52. The highest BCUT2D eigenvalue weighted by molar-refractivity contribution is 6.00. The Bertz CT molecular complexity index is 532. The third-order valence-electron chi connectivity index (χ3n) is 3.69. The zero-order chi connectivity index (χ0) is 15.4. The van der Waals surface area contributed by atoms with Crippen LogP contribution in [0.25, 0.3) is 0 Å². The van der Waals surface area contributed by atoms with Gasteiger partial charge in [0, 0.05) is 20.0 Å². The van der Waals surface area contributed by atoms with Crippen LogP contribution in [0.5, 0.6) is 5.75 Å². The molecule has 1 saturated heterocycles. The molecule has 21 heavy (non-hydrogen) atoms. The van der Waals surface area contributed by atoms with Gasteiger partial charge in [-0.3, -0.25) is 14.5 Å². The summed E-state index contributed by atoms with van der Waals surface area (Å²) in [7, 11) is 3.05. The zero-order valence-electron chi connectivity index (χ0n) is 12.2. The fourth-order valence-electron chi connectivity index (χ4n) is 2.33. The number of nitrogens with zero attached hydrogens (tertiary/aromatic N) is 1. The monoisotopic (exact) mass is 292 g/mol. The molecule has 2 atom stereocenters. The second kappa shape index (κ2) is 6.69. The Morgan fingerprint density at radius 3 is 2.95 bits per heavy atom. The number of likely N-dealkylation sites (N-methyl/N-ethyl adjacent to an activating group) is 1. The number of aliphatic hydroxyl groups is 1. The average Bonchev–Trinajstić information content (AvgIpc) is 2.51. The van der Waals surface area contributed by atoms with E-state index in [0.29, 0.717) is 18.6 Å². The number of amides is 2. The Labute approximate surface area is 123 Å². The van der Waals surface area contributed by atoms with Crippen LogP contribution < -0.4 is 10.1 Å². The number of methoxy groups -OCH3 is 1. The highest BCUT2D eigenvalue weighted by Crippen LogP contribution is 2.19. The summed E-state index contributed by atoms with van der Waals surface area (Å²) in [4.78, 5) is 24.5. The van der Waals surface area contributed by atoms with Gasteiger partial charge >= 0.3 is 0 Å². The Morgan fingerprint density at radius 2 is 2.24 bits per heavy atom. The zero-order valence-corrected chi connectivity index (χ0v) is 12.2. The van der Waals surface area contributed by atoms with Crippen molar-refractivity contribution in [2.75, 3.05) is 20.7 Å². The van der Waals surface area contributed by atoms with E-state index in [2.05, 4.69) is 5.32 Å². The van der Waals surface area contributed by atoms with Gasteiger partial charge in [-0.2, -0.15) is 0 Å². The van der Waals surface area contributed by atoms with Crippen LogP contribution in [0.15, 0.2) is 24.3 Å². The van der Waals surface area contributed by atoms with Crippen LogP contribution in [0.3, 0.4) is 0 Å². The van der Waals surface area contributed by atoms with Gasteiger partial charge in [0.25, 0.3) is 0 Å². The molecule has 0 bridgehead atoms. The van der Waals surface area contributed by atoms with Crippen molar-refractivity contribution in [3.63, 3.8) is 0 Å². The minimum atomic E-state index is -0.740. The molecule has 0 spiro atoms. The van der Waals surface area contributed by atoms with Gasteiger partial charge in [0.15, 0.2) is 0 Å².